The quantitative estimate of drug-likeness (QED) is 0.629. The molecule has 1 aromatic carbocycles. The van der Waals surface area contributed by atoms with Gasteiger partial charge in [-0.3, -0.25) is 0 Å². The summed E-state index contributed by atoms with van der Waals surface area (Å²) in [6.45, 7) is 1.74. The largest absolute Gasteiger partial charge is 0.516 e. The molecule has 4 fully saturated rings. The van der Waals surface area contributed by atoms with Crippen molar-refractivity contribution in [1.29, 1.82) is 0 Å². The standard InChI is InChI=1S/C21H26O6/c1-3-26-20(24)27-19(23)15-7-16(18(25-2)8-17(15)22)21-9-12-4-13(10-21)6-14(5-12)11-21/h7-8,12-14,22H,3-6,9-11H2,1-2H3. The molecule has 0 radical (unpaired) electrons. The summed E-state index contributed by atoms with van der Waals surface area (Å²) in [6, 6.07) is 3.14. The summed E-state index contributed by atoms with van der Waals surface area (Å²) in [6.07, 6.45) is 6.12. The summed E-state index contributed by atoms with van der Waals surface area (Å²) < 4.78 is 14.9. The summed E-state index contributed by atoms with van der Waals surface area (Å²) in [5, 5.41) is 10.3. The van der Waals surface area contributed by atoms with E-state index in [1.165, 1.54) is 25.3 Å². The van der Waals surface area contributed by atoms with Crippen LogP contribution in [0, 0.1) is 17.8 Å². The minimum Gasteiger partial charge on any atom is -0.507 e. The van der Waals surface area contributed by atoms with Crippen LogP contribution < -0.4 is 4.74 Å². The summed E-state index contributed by atoms with van der Waals surface area (Å²) in [5.74, 6) is 1.62. The van der Waals surface area contributed by atoms with Gasteiger partial charge in [0.05, 0.1) is 13.7 Å². The van der Waals surface area contributed by atoms with Crippen molar-refractivity contribution < 1.29 is 28.9 Å². The number of rotatable bonds is 4. The van der Waals surface area contributed by atoms with Gasteiger partial charge in [0.15, 0.2) is 0 Å². The second-order valence-corrected chi connectivity index (χ2v) is 8.34. The first kappa shape index (κ1) is 18.1. The fourth-order valence-corrected chi connectivity index (χ4v) is 6.03. The monoisotopic (exact) mass is 374 g/mol. The third-order valence-electron chi connectivity index (χ3n) is 6.59. The average molecular weight is 374 g/mol. The fraction of sp³-hybridized carbons (Fsp3) is 0.619. The van der Waals surface area contributed by atoms with E-state index in [-0.39, 0.29) is 23.3 Å². The Hall–Kier alpha value is -2.24. The summed E-state index contributed by atoms with van der Waals surface area (Å²) in [5.41, 5.74) is 0.916. The molecule has 4 bridgehead atoms. The Morgan fingerprint density at radius 2 is 1.70 bits per heavy atom. The molecule has 6 nitrogen and oxygen atoms in total. The lowest BCUT2D eigenvalue weighted by Gasteiger charge is -2.57. The predicted octanol–water partition coefficient (Wildman–Crippen LogP) is 4.18. The summed E-state index contributed by atoms with van der Waals surface area (Å²) in [4.78, 5) is 23.9. The highest BCUT2D eigenvalue weighted by Gasteiger charge is 2.52. The zero-order valence-electron chi connectivity index (χ0n) is 15.8. The van der Waals surface area contributed by atoms with E-state index in [2.05, 4.69) is 4.74 Å². The topological polar surface area (TPSA) is 82.1 Å². The van der Waals surface area contributed by atoms with E-state index >= 15 is 0 Å². The van der Waals surface area contributed by atoms with Crippen LogP contribution in [0.5, 0.6) is 11.5 Å². The van der Waals surface area contributed by atoms with Crippen molar-refractivity contribution in [2.45, 2.75) is 50.9 Å². The van der Waals surface area contributed by atoms with Gasteiger partial charge < -0.3 is 19.3 Å². The molecule has 0 atom stereocenters. The number of carbonyl (C=O) groups is 2. The van der Waals surface area contributed by atoms with E-state index in [0.717, 1.165) is 42.6 Å². The molecule has 4 aliphatic carbocycles. The van der Waals surface area contributed by atoms with Gasteiger partial charge in [-0.25, -0.2) is 9.59 Å². The van der Waals surface area contributed by atoms with E-state index in [1.54, 1.807) is 20.1 Å². The van der Waals surface area contributed by atoms with E-state index in [9.17, 15) is 14.7 Å². The van der Waals surface area contributed by atoms with Crippen molar-refractivity contribution in [2.75, 3.05) is 13.7 Å². The number of esters is 1. The molecular formula is C21H26O6. The molecule has 146 valence electrons. The van der Waals surface area contributed by atoms with Crippen molar-refractivity contribution in [3.05, 3.63) is 23.3 Å². The molecule has 1 N–H and O–H groups in total. The maximum absolute atomic E-state index is 12.4. The van der Waals surface area contributed by atoms with Crippen LogP contribution in [0.15, 0.2) is 12.1 Å². The molecule has 5 rings (SSSR count). The molecule has 0 heterocycles. The lowest BCUT2D eigenvalue weighted by molar-refractivity contribution is -0.00621. The Kier molecular flexibility index (Phi) is 4.52. The average Bonchev–Trinajstić information content (AvgIpc) is 2.60. The van der Waals surface area contributed by atoms with Crippen LogP contribution >= 0.6 is 0 Å². The highest BCUT2D eigenvalue weighted by molar-refractivity contribution is 5.98. The molecule has 4 aliphatic rings. The van der Waals surface area contributed by atoms with Crippen molar-refractivity contribution in [1.82, 2.24) is 0 Å². The highest BCUT2D eigenvalue weighted by atomic mass is 16.7. The normalized spacial score (nSPS) is 30.8. The van der Waals surface area contributed by atoms with Crippen molar-refractivity contribution in [3.63, 3.8) is 0 Å². The Balaban J connectivity index is 1.70. The Bertz CT molecular complexity index is 733. The van der Waals surface area contributed by atoms with E-state index in [1.807, 2.05) is 0 Å². The molecule has 0 aromatic heterocycles. The van der Waals surface area contributed by atoms with Crippen LogP contribution in [0.1, 0.15) is 61.4 Å². The maximum atomic E-state index is 12.4. The second kappa shape index (κ2) is 6.73. The van der Waals surface area contributed by atoms with Crippen LogP contribution in [-0.4, -0.2) is 30.9 Å². The molecule has 6 heteroatoms. The zero-order chi connectivity index (χ0) is 19.2. The van der Waals surface area contributed by atoms with E-state index in [4.69, 9.17) is 9.47 Å². The van der Waals surface area contributed by atoms with Crippen molar-refractivity contribution in [3.8, 4) is 11.5 Å². The molecule has 1 aromatic rings. The Morgan fingerprint density at radius 1 is 1.11 bits per heavy atom. The van der Waals surface area contributed by atoms with Crippen LogP contribution in [0.2, 0.25) is 0 Å². The predicted molar refractivity (Wildman–Crippen MR) is 96.9 cm³/mol. The third kappa shape index (κ3) is 3.15. The van der Waals surface area contributed by atoms with E-state index in [0.29, 0.717) is 5.75 Å². The number of hydrogen-bond donors (Lipinski definition) is 1. The Morgan fingerprint density at radius 3 is 2.22 bits per heavy atom. The number of carbonyl (C=O) groups excluding carboxylic acids is 2. The number of hydrogen-bond acceptors (Lipinski definition) is 6. The molecule has 27 heavy (non-hydrogen) atoms. The van der Waals surface area contributed by atoms with Gasteiger partial charge in [0.1, 0.15) is 17.1 Å². The molecule has 0 saturated heterocycles. The van der Waals surface area contributed by atoms with Crippen molar-refractivity contribution in [2.24, 2.45) is 17.8 Å². The summed E-state index contributed by atoms with van der Waals surface area (Å²) >= 11 is 0. The van der Waals surface area contributed by atoms with Gasteiger partial charge in [0, 0.05) is 11.6 Å². The van der Waals surface area contributed by atoms with E-state index < -0.39 is 12.1 Å². The minimum absolute atomic E-state index is 0.0189. The zero-order valence-corrected chi connectivity index (χ0v) is 15.8. The van der Waals surface area contributed by atoms with Gasteiger partial charge in [-0.2, -0.15) is 0 Å². The lowest BCUT2D eigenvalue weighted by atomic mass is 9.48. The number of phenols is 1. The first-order valence-corrected chi connectivity index (χ1v) is 9.74. The molecule has 4 saturated carbocycles. The number of phenolic OH excluding ortho intramolecular Hbond substituents is 1. The van der Waals surface area contributed by atoms with Gasteiger partial charge in [-0.1, -0.05) is 0 Å². The van der Waals surface area contributed by atoms with Gasteiger partial charge >= 0.3 is 12.1 Å². The van der Waals surface area contributed by atoms with Gasteiger partial charge in [0.2, 0.25) is 0 Å². The lowest BCUT2D eigenvalue weighted by Crippen LogP contribution is -2.48. The fourth-order valence-electron chi connectivity index (χ4n) is 6.03. The highest BCUT2D eigenvalue weighted by Crippen LogP contribution is 2.62. The van der Waals surface area contributed by atoms with Crippen LogP contribution in [-0.2, 0) is 14.9 Å². The number of methoxy groups -OCH3 is 1. The van der Waals surface area contributed by atoms with Crippen LogP contribution in [0.4, 0.5) is 4.79 Å². The third-order valence-corrected chi connectivity index (χ3v) is 6.59. The smallest absolute Gasteiger partial charge is 0.507 e. The second-order valence-electron chi connectivity index (χ2n) is 8.34. The SMILES string of the molecule is CCOC(=O)OC(=O)c1cc(C23CC4CC(CC(C4)C2)C3)c(OC)cc1O. The van der Waals surface area contributed by atoms with Crippen LogP contribution in [0.3, 0.4) is 0 Å². The van der Waals surface area contributed by atoms with Gasteiger partial charge in [-0.05, 0) is 74.7 Å². The molecule has 0 aliphatic heterocycles. The summed E-state index contributed by atoms with van der Waals surface area (Å²) in [7, 11) is 1.58. The molecular weight excluding hydrogens is 348 g/mol. The van der Waals surface area contributed by atoms with Crippen molar-refractivity contribution >= 4 is 12.1 Å². The first-order valence-electron chi connectivity index (χ1n) is 9.74. The number of ether oxygens (including phenoxy) is 3. The number of benzene rings is 1. The Labute approximate surface area is 158 Å². The van der Waals surface area contributed by atoms with Gasteiger partial charge in [0.25, 0.3) is 0 Å². The molecule has 0 spiro atoms. The molecule has 0 amide bonds. The molecule has 0 unspecified atom stereocenters. The maximum Gasteiger partial charge on any atom is 0.516 e. The van der Waals surface area contributed by atoms with Crippen LogP contribution in [0.25, 0.3) is 0 Å². The first-order chi connectivity index (χ1) is 12.9. The van der Waals surface area contributed by atoms with Gasteiger partial charge in [-0.15, -0.1) is 0 Å². The minimum atomic E-state index is -1.06. The number of aromatic hydroxyl groups is 1.